The summed E-state index contributed by atoms with van der Waals surface area (Å²) < 4.78 is 1.94. The molecule has 0 aliphatic heterocycles. The van der Waals surface area contributed by atoms with Crippen LogP contribution in [0.25, 0.3) is 16.4 Å². The van der Waals surface area contributed by atoms with Gasteiger partial charge in [-0.2, -0.15) is 0 Å². The number of benzene rings is 1. The molecule has 0 fully saturated rings. The Morgan fingerprint density at radius 1 is 1.28 bits per heavy atom. The Labute approximate surface area is 104 Å². The third kappa shape index (κ3) is 1.82. The smallest absolute Gasteiger partial charge is 0.303 e. The molecule has 1 N–H and O–H groups in total. The first-order valence-corrected chi connectivity index (χ1v) is 5.81. The predicted octanol–water partition coefficient (Wildman–Crippen LogP) is 2.50. The highest BCUT2D eigenvalue weighted by atomic mass is 16.4. The molecule has 0 unspecified atom stereocenters. The van der Waals surface area contributed by atoms with E-state index in [4.69, 9.17) is 5.11 Å². The molecule has 0 atom stereocenters. The fourth-order valence-electron chi connectivity index (χ4n) is 2.12. The first kappa shape index (κ1) is 10.8. The molecule has 2 heterocycles. The summed E-state index contributed by atoms with van der Waals surface area (Å²) in [7, 11) is 0. The highest BCUT2D eigenvalue weighted by Gasteiger charge is 2.06. The Kier molecular flexibility index (Phi) is 2.48. The van der Waals surface area contributed by atoms with Crippen molar-refractivity contribution in [2.75, 3.05) is 0 Å². The first-order valence-electron chi connectivity index (χ1n) is 5.81. The fraction of sp³-hybridized carbons (Fsp3) is 0.143. The van der Waals surface area contributed by atoms with E-state index in [1.165, 1.54) is 0 Å². The summed E-state index contributed by atoms with van der Waals surface area (Å²) in [5, 5.41) is 10.9. The van der Waals surface area contributed by atoms with E-state index in [0.29, 0.717) is 6.42 Å². The largest absolute Gasteiger partial charge is 0.481 e. The number of hydrogen-bond donors (Lipinski definition) is 1. The molecule has 0 saturated heterocycles. The summed E-state index contributed by atoms with van der Waals surface area (Å²) in [6.45, 7) is 0. The Balaban J connectivity index is 2.11. The number of imidazole rings is 1. The number of nitrogens with zero attached hydrogens (tertiary/aromatic N) is 2. The van der Waals surface area contributed by atoms with Gasteiger partial charge in [-0.15, -0.1) is 0 Å². The summed E-state index contributed by atoms with van der Waals surface area (Å²) >= 11 is 0. The van der Waals surface area contributed by atoms with E-state index in [0.717, 1.165) is 22.1 Å². The van der Waals surface area contributed by atoms with Crippen LogP contribution in [0, 0.1) is 0 Å². The molecule has 3 aromatic rings. The number of aliphatic carboxylic acids is 1. The lowest BCUT2D eigenvalue weighted by Gasteiger charge is -1.98. The number of carboxylic acids is 1. The number of carboxylic acid groups (broad SMARTS) is 1. The van der Waals surface area contributed by atoms with Crippen LogP contribution in [0.1, 0.15) is 12.1 Å². The average Bonchev–Trinajstić information content (AvgIpc) is 2.79. The molecule has 0 saturated carbocycles. The van der Waals surface area contributed by atoms with Gasteiger partial charge in [0.1, 0.15) is 5.65 Å². The van der Waals surface area contributed by atoms with Crippen molar-refractivity contribution in [3.63, 3.8) is 0 Å². The number of rotatable bonds is 3. The van der Waals surface area contributed by atoms with Crippen molar-refractivity contribution in [2.45, 2.75) is 12.8 Å². The Morgan fingerprint density at radius 3 is 2.94 bits per heavy atom. The lowest BCUT2D eigenvalue weighted by molar-refractivity contribution is -0.136. The van der Waals surface area contributed by atoms with Gasteiger partial charge >= 0.3 is 5.97 Å². The lowest BCUT2D eigenvalue weighted by Crippen LogP contribution is -1.97. The zero-order chi connectivity index (χ0) is 12.5. The normalized spacial score (nSPS) is 11.1. The topological polar surface area (TPSA) is 54.6 Å². The quantitative estimate of drug-likeness (QED) is 0.765. The molecule has 0 spiro atoms. The van der Waals surface area contributed by atoms with Gasteiger partial charge in [-0.1, -0.05) is 24.3 Å². The van der Waals surface area contributed by atoms with Gasteiger partial charge in [0, 0.05) is 24.2 Å². The van der Waals surface area contributed by atoms with Crippen LogP contribution in [-0.2, 0) is 11.2 Å². The van der Waals surface area contributed by atoms with Crippen molar-refractivity contribution in [1.82, 2.24) is 9.38 Å². The fourth-order valence-corrected chi connectivity index (χ4v) is 2.12. The number of fused-ring (bicyclic) bond motifs is 3. The molecule has 2 aromatic heterocycles. The zero-order valence-electron chi connectivity index (χ0n) is 9.71. The van der Waals surface area contributed by atoms with Gasteiger partial charge < -0.3 is 9.51 Å². The van der Waals surface area contributed by atoms with E-state index in [-0.39, 0.29) is 6.42 Å². The molecule has 3 rings (SSSR count). The van der Waals surface area contributed by atoms with Crippen LogP contribution in [0.4, 0.5) is 0 Å². The van der Waals surface area contributed by atoms with Gasteiger partial charge in [-0.3, -0.25) is 4.79 Å². The van der Waals surface area contributed by atoms with Crippen molar-refractivity contribution in [1.29, 1.82) is 0 Å². The maximum Gasteiger partial charge on any atom is 0.303 e. The monoisotopic (exact) mass is 240 g/mol. The van der Waals surface area contributed by atoms with Crippen molar-refractivity contribution in [3.05, 3.63) is 48.4 Å². The molecular weight excluding hydrogens is 228 g/mol. The molecule has 0 radical (unpaired) electrons. The number of hydrogen-bond acceptors (Lipinski definition) is 2. The molecule has 4 nitrogen and oxygen atoms in total. The van der Waals surface area contributed by atoms with Crippen LogP contribution in [0.5, 0.6) is 0 Å². The lowest BCUT2D eigenvalue weighted by atomic mass is 10.2. The van der Waals surface area contributed by atoms with Crippen LogP contribution in [0.2, 0.25) is 0 Å². The first-order chi connectivity index (χ1) is 8.74. The molecule has 0 aliphatic carbocycles. The minimum absolute atomic E-state index is 0.113. The molecule has 0 bridgehead atoms. The third-order valence-electron chi connectivity index (χ3n) is 2.99. The van der Waals surface area contributed by atoms with E-state index in [1.54, 1.807) is 0 Å². The van der Waals surface area contributed by atoms with Crippen LogP contribution in [0.3, 0.4) is 0 Å². The van der Waals surface area contributed by atoms with E-state index in [1.807, 2.05) is 47.1 Å². The third-order valence-corrected chi connectivity index (χ3v) is 2.99. The highest BCUT2D eigenvalue weighted by molar-refractivity contribution is 5.93. The van der Waals surface area contributed by atoms with Gasteiger partial charge in [0.2, 0.25) is 0 Å². The number of aromatic nitrogens is 2. The molecule has 4 heteroatoms. The summed E-state index contributed by atoms with van der Waals surface area (Å²) in [5.74, 6) is -0.795. The SMILES string of the molecule is O=C(O)CCc1cn2ccc3ccccc3c2n1. The summed E-state index contributed by atoms with van der Waals surface area (Å²) in [6, 6.07) is 10.1. The molecule has 90 valence electrons. The van der Waals surface area contributed by atoms with Crippen molar-refractivity contribution >= 4 is 22.4 Å². The molecule has 18 heavy (non-hydrogen) atoms. The summed E-state index contributed by atoms with van der Waals surface area (Å²) in [4.78, 5) is 15.1. The minimum atomic E-state index is -0.795. The maximum absolute atomic E-state index is 10.6. The van der Waals surface area contributed by atoms with E-state index >= 15 is 0 Å². The van der Waals surface area contributed by atoms with Crippen molar-refractivity contribution in [2.24, 2.45) is 0 Å². The molecule has 0 aliphatic rings. The van der Waals surface area contributed by atoms with Crippen LogP contribution < -0.4 is 0 Å². The Morgan fingerprint density at radius 2 is 2.11 bits per heavy atom. The van der Waals surface area contributed by atoms with Gasteiger partial charge in [0.15, 0.2) is 0 Å². The van der Waals surface area contributed by atoms with Gasteiger partial charge in [0.25, 0.3) is 0 Å². The summed E-state index contributed by atoms with van der Waals surface area (Å²) in [5.41, 5.74) is 1.70. The second-order valence-electron chi connectivity index (χ2n) is 4.26. The number of carbonyl (C=O) groups is 1. The molecule has 0 amide bonds. The second kappa shape index (κ2) is 4.14. The van der Waals surface area contributed by atoms with Gasteiger partial charge in [-0.05, 0) is 11.5 Å². The Bertz CT molecular complexity index is 731. The van der Waals surface area contributed by atoms with Crippen molar-refractivity contribution in [3.8, 4) is 0 Å². The predicted molar refractivity (Wildman–Crippen MR) is 68.7 cm³/mol. The van der Waals surface area contributed by atoms with E-state index in [9.17, 15) is 4.79 Å². The summed E-state index contributed by atoms with van der Waals surface area (Å²) in [6.07, 6.45) is 4.42. The Hall–Kier alpha value is -2.36. The maximum atomic E-state index is 10.6. The standard InChI is InChI=1S/C14H12N2O2/c17-13(18)6-5-11-9-16-8-7-10-3-1-2-4-12(10)14(16)15-11/h1-4,7-9H,5-6H2,(H,17,18). The molecular formula is C14H12N2O2. The van der Waals surface area contributed by atoms with Crippen LogP contribution in [0.15, 0.2) is 42.7 Å². The van der Waals surface area contributed by atoms with Gasteiger partial charge in [-0.25, -0.2) is 4.98 Å². The number of pyridine rings is 1. The molecule has 1 aromatic carbocycles. The average molecular weight is 240 g/mol. The minimum Gasteiger partial charge on any atom is -0.481 e. The van der Waals surface area contributed by atoms with E-state index < -0.39 is 5.97 Å². The zero-order valence-corrected chi connectivity index (χ0v) is 9.71. The van der Waals surface area contributed by atoms with Crippen molar-refractivity contribution < 1.29 is 9.90 Å². The number of aryl methyl sites for hydroxylation is 1. The van der Waals surface area contributed by atoms with Crippen LogP contribution in [-0.4, -0.2) is 20.5 Å². The highest BCUT2D eigenvalue weighted by Crippen LogP contribution is 2.19. The van der Waals surface area contributed by atoms with E-state index in [2.05, 4.69) is 4.98 Å². The second-order valence-corrected chi connectivity index (χ2v) is 4.26. The van der Waals surface area contributed by atoms with Crippen LogP contribution >= 0.6 is 0 Å². The van der Waals surface area contributed by atoms with Gasteiger partial charge in [0.05, 0.1) is 12.1 Å².